The Labute approximate surface area is 97.7 Å². The summed E-state index contributed by atoms with van der Waals surface area (Å²) in [5.74, 6) is -1.69. The van der Waals surface area contributed by atoms with E-state index in [2.05, 4.69) is 10.5 Å². The number of carbonyl (C=O) groups excluding carboxylic acids is 1. The first-order valence-electron chi connectivity index (χ1n) is 5.00. The molecule has 0 spiro atoms. The summed E-state index contributed by atoms with van der Waals surface area (Å²) in [5, 5.41) is 14.7. The van der Waals surface area contributed by atoms with Crippen molar-refractivity contribution in [2.24, 2.45) is 0 Å². The van der Waals surface area contributed by atoms with Crippen molar-refractivity contribution in [3.8, 4) is 0 Å². The van der Waals surface area contributed by atoms with E-state index in [9.17, 15) is 9.59 Å². The number of hydrogen-bond acceptors (Lipinski definition) is 5. The average Bonchev–Trinajstić information content (AvgIpc) is 2.70. The van der Waals surface area contributed by atoms with Crippen LogP contribution in [0.25, 0.3) is 0 Å². The molecule has 0 fully saturated rings. The summed E-state index contributed by atoms with van der Waals surface area (Å²) in [6.07, 6.45) is 1.57. The molecule has 0 aliphatic carbocycles. The fourth-order valence-electron chi connectivity index (χ4n) is 1.23. The van der Waals surface area contributed by atoms with Crippen molar-refractivity contribution < 1.29 is 24.0 Å². The lowest BCUT2D eigenvalue weighted by Gasteiger charge is -2.12. The van der Waals surface area contributed by atoms with E-state index in [1.54, 1.807) is 6.92 Å². The fraction of sp³-hybridized carbons (Fsp3) is 0.500. The first kappa shape index (κ1) is 13.2. The molecule has 7 heteroatoms. The van der Waals surface area contributed by atoms with Crippen molar-refractivity contribution in [1.29, 1.82) is 0 Å². The monoisotopic (exact) mass is 242 g/mol. The lowest BCUT2D eigenvalue weighted by atomic mass is 10.2. The van der Waals surface area contributed by atoms with E-state index in [0.717, 1.165) is 0 Å². The Morgan fingerprint density at radius 1 is 1.65 bits per heavy atom. The molecule has 0 aromatic carbocycles. The summed E-state index contributed by atoms with van der Waals surface area (Å²) in [6.45, 7) is 1.89. The molecule has 17 heavy (non-hydrogen) atoms. The number of aryl methyl sites for hydroxylation is 1. The van der Waals surface area contributed by atoms with Gasteiger partial charge in [-0.05, 0) is 6.92 Å². The highest BCUT2D eigenvalue weighted by molar-refractivity contribution is 5.95. The second kappa shape index (κ2) is 6.00. The Hall–Kier alpha value is -1.89. The van der Waals surface area contributed by atoms with Gasteiger partial charge in [-0.25, -0.2) is 4.79 Å². The van der Waals surface area contributed by atoms with Crippen molar-refractivity contribution in [2.45, 2.75) is 19.4 Å². The van der Waals surface area contributed by atoms with Crippen LogP contribution in [0, 0.1) is 6.92 Å². The molecule has 0 bridgehead atoms. The molecular formula is C10H14N2O5. The minimum Gasteiger partial charge on any atom is -0.480 e. The van der Waals surface area contributed by atoms with Crippen molar-refractivity contribution in [3.05, 3.63) is 17.5 Å². The van der Waals surface area contributed by atoms with Crippen LogP contribution < -0.4 is 5.32 Å². The Morgan fingerprint density at radius 2 is 2.35 bits per heavy atom. The third-order valence-corrected chi connectivity index (χ3v) is 2.17. The number of carboxylic acids is 1. The van der Waals surface area contributed by atoms with Gasteiger partial charge in [0, 0.05) is 25.7 Å². The third kappa shape index (κ3) is 3.56. The van der Waals surface area contributed by atoms with Gasteiger partial charge in [0.15, 0.2) is 0 Å². The zero-order chi connectivity index (χ0) is 12.8. The molecule has 1 atom stereocenters. The molecule has 2 N–H and O–H groups in total. The molecule has 0 aliphatic heterocycles. The van der Waals surface area contributed by atoms with E-state index in [-0.39, 0.29) is 18.8 Å². The molecule has 94 valence electrons. The zero-order valence-electron chi connectivity index (χ0n) is 9.60. The molecule has 0 saturated heterocycles. The van der Waals surface area contributed by atoms with Gasteiger partial charge < -0.3 is 19.7 Å². The number of aliphatic carboxylic acids is 1. The van der Waals surface area contributed by atoms with Crippen LogP contribution in [0.4, 0.5) is 0 Å². The standard InChI is InChI=1S/C10H14N2O5/c1-6-5-11-17-8(6)9(13)12-7(10(14)15)3-4-16-2/h5,7H,3-4H2,1-2H3,(H,12,13)(H,14,15). The highest BCUT2D eigenvalue weighted by Crippen LogP contribution is 2.06. The van der Waals surface area contributed by atoms with E-state index in [0.29, 0.717) is 5.56 Å². The topological polar surface area (TPSA) is 102 Å². The van der Waals surface area contributed by atoms with Crippen LogP contribution in [0.2, 0.25) is 0 Å². The summed E-state index contributed by atoms with van der Waals surface area (Å²) in [4.78, 5) is 22.5. The SMILES string of the molecule is COCCC(NC(=O)c1oncc1C)C(=O)O. The van der Waals surface area contributed by atoms with E-state index >= 15 is 0 Å². The Kier molecular flexibility index (Phi) is 4.65. The van der Waals surface area contributed by atoms with Crippen LogP contribution in [-0.2, 0) is 9.53 Å². The molecule has 1 amide bonds. The lowest BCUT2D eigenvalue weighted by molar-refractivity contribution is -0.139. The minimum atomic E-state index is -1.12. The zero-order valence-corrected chi connectivity index (χ0v) is 9.60. The molecular weight excluding hydrogens is 228 g/mol. The molecule has 1 heterocycles. The number of amides is 1. The van der Waals surface area contributed by atoms with Gasteiger partial charge in [0.25, 0.3) is 5.91 Å². The first-order chi connectivity index (χ1) is 8.06. The number of carboxylic acid groups (broad SMARTS) is 1. The summed E-state index contributed by atoms with van der Waals surface area (Å²) in [6, 6.07) is -1.01. The van der Waals surface area contributed by atoms with Gasteiger partial charge in [0.2, 0.25) is 5.76 Å². The van der Waals surface area contributed by atoms with Crippen LogP contribution in [0.15, 0.2) is 10.7 Å². The Balaban J connectivity index is 2.64. The number of aromatic nitrogens is 1. The van der Waals surface area contributed by atoms with Crippen LogP contribution in [0.1, 0.15) is 22.5 Å². The number of ether oxygens (including phenoxy) is 1. The van der Waals surface area contributed by atoms with Crippen LogP contribution in [0.3, 0.4) is 0 Å². The number of hydrogen-bond donors (Lipinski definition) is 2. The van der Waals surface area contributed by atoms with Crippen molar-refractivity contribution in [1.82, 2.24) is 10.5 Å². The predicted molar refractivity (Wildman–Crippen MR) is 56.6 cm³/mol. The van der Waals surface area contributed by atoms with Gasteiger partial charge in [-0.2, -0.15) is 0 Å². The average molecular weight is 242 g/mol. The molecule has 1 aromatic rings. The molecule has 0 radical (unpaired) electrons. The van der Waals surface area contributed by atoms with Crippen LogP contribution >= 0.6 is 0 Å². The highest BCUT2D eigenvalue weighted by Gasteiger charge is 2.23. The lowest BCUT2D eigenvalue weighted by Crippen LogP contribution is -2.41. The second-order valence-corrected chi connectivity index (χ2v) is 3.48. The van der Waals surface area contributed by atoms with Gasteiger partial charge in [-0.1, -0.05) is 5.16 Å². The van der Waals surface area contributed by atoms with Gasteiger partial charge >= 0.3 is 5.97 Å². The summed E-state index contributed by atoms with van der Waals surface area (Å²) in [7, 11) is 1.46. The minimum absolute atomic E-state index is 0.0219. The number of nitrogens with zero attached hydrogens (tertiary/aromatic N) is 1. The number of methoxy groups -OCH3 is 1. The van der Waals surface area contributed by atoms with Crippen LogP contribution in [-0.4, -0.2) is 41.9 Å². The van der Waals surface area contributed by atoms with Crippen molar-refractivity contribution in [2.75, 3.05) is 13.7 Å². The maximum atomic E-state index is 11.7. The highest BCUT2D eigenvalue weighted by atomic mass is 16.5. The Bertz CT molecular complexity index is 401. The first-order valence-corrected chi connectivity index (χ1v) is 5.00. The molecule has 1 rings (SSSR count). The second-order valence-electron chi connectivity index (χ2n) is 3.48. The molecule has 1 unspecified atom stereocenters. The Morgan fingerprint density at radius 3 is 2.82 bits per heavy atom. The molecule has 0 aliphatic rings. The van der Waals surface area contributed by atoms with Gasteiger partial charge in [-0.3, -0.25) is 4.79 Å². The quantitative estimate of drug-likeness (QED) is 0.739. The number of rotatable bonds is 6. The largest absolute Gasteiger partial charge is 0.480 e. The van der Waals surface area contributed by atoms with Crippen LogP contribution in [0.5, 0.6) is 0 Å². The molecule has 7 nitrogen and oxygen atoms in total. The van der Waals surface area contributed by atoms with E-state index in [1.165, 1.54) is 13.3 Å². The van der Waals surface area contributed by atoms with Crippen molar-refractivity contribution in [3.63, 3.8) is 0 Å². The van der Waals surface area contributed by atoms with Crippen molar-refractivity contribution >= 4 is 11.9 Å². The number of carbonyl (C=O) groups is 2. The molecule has 0 saturated carbocycles. The van der Waals surface area contributed by atoms with E-state index in [1.807, 2.05) is 0 Å². The summed E-state index contributed by atoms with van der Waals surface area (Å²) >= 11 is 0. The van der Waals surface area contributed by atoms with Gasteiger partial charge in [0.05, 0.1) is 6.20 Å². The summed E-state index contributed by atoms with van der Waals surface area (Å²) in [5.41, 5.74) is 0.554. The normalized spacial score (nSPS) is 12.1. The number of nitrogens with one attached hydrogen (secondary N) is 1. The maximum absolute atomic E-state index is 11.7. The summed E-state index contributed by atoms with van der Waals surface area (Å²) < 4.78 is 9.49. The maximum Gasteiger partial charge on any atom is 0.326 e. The van der Waals surface area contributed by atoms with E-state index in [4.69, 9.17) is 14.4 Å². The molecule has 1 aromatic heterocycles. The third-order valence-electron chi connectivity index (χ3n) is 2.17. The smallest absolute Gasteiger partial charge is 0.326 e. The van der Waals surface area contributed by atoms with Gasteiger partial charge in [0.1, 0.15) is 6.04 Å². The van der Waals surface area contributed by atoms with Gasteiger partial charge in [-0.15, -0.1) is 0 Å². The predicted octanol–water partition coefficient (Wildman–Crippen LogP) is 0.203. The van der Waals surface area contributed by atoms with E-state index < -0.39 is 17.9 Å². The fourth-order valence-corrected chi connectivity index (χ4v) is 1.23.